The van der Waals surface area contributed by atoms with Crippen LogP contribution in [0, 0.1) is 13.0 Å². The number of hydrogen-bond donors (Lipinski definition) is 1. The van der Waals surface area contributed by atoms with Crippen molar-refractivity contribution in [2.24, 2.45) is 0 Å². The van der Waals surface area contributed by atoms with E-state index in [1.807, 2.05) is 26.0 Å². The normalized spacial score (nSPS) is 8.77. The van der Waals surface area contributed by atoms with Crippen LogP contribution in [0.2, 0.25) is 0 Å². The largest absolute Gasteiger partial charge is 0.363 e. The van der Waals surface area contributed by atoms with E-state index in [0.29, 0.717) is 12.1 Å². The summed E-state index contributed by atoms with van der Waals surface area (Å²) in [5.41, 5.74) is 1.73. The Morgan fingerprint density at radius 2 is 2.23 bits per heavy atom. The molecule has 0 heterocycles. The number of carbonyl (C=O) groups excluding carboxylic acids is 1. The van der Waals surface area contributed by atoms with Crippen molar-refractivity contribution in [1.82, 2.24) is 5.32 Å². The molecule has 0 spiro atoms. The summed E-state index contributed by atoms with van der Waals surface area (Å²) in [5.74, 6) is -0.0301. The zero-order valence-corrected chi connectivity index (χ0v) is 10.4. The molecular formula is C10H12NORe-. The standard InChI is InChI=1S/C10H12NO.Re/c1-3-11-10(12)9-6-4-5-8(2)7-9;/h5-7H,3H2,1-2H3,(H,11,12);/q-1;. The summed E-state index contributed by atoms with van der Waals surface area (Å²) < 4.78 is 0. The summed E-state index contributed by atoms with van der Waals surface area (Å²) in [7, 11) is 0. The van der Waals surface area contributed by atoms with Crippen LogP contribution in [0.15, 0.2) is 18.2 Å². The van der Waals surface area contributed by atoms with Crippen molar-refractivity contribution < 1.29 is 25.2 Å². The molecule has 2 nitrogen and oxygen atoms in total. The van der Waals surface area contributed by atoms with E-state index in [0.717, 1.165) is 5.56 Å². The number of hydrogen-bond acceptors (Lipinski definition) is 1. The topological polar surface area (TPSA) is 29.1 Å². The minimum absolute atomic E-state index is 0. The monoisotopic (exact) mass is 349 g/mol. The molecule has 0 fully saturated rings. The molecule has 0 atom stereocenters. The fraction of sp³-hybridized carbons (Fsp3) is 0.300. The molecule has 1 aromatic rings. The zero-order valence-electron chi connectivity index (χ0n) is 7.73. The van der Waals surface area contributed by atoms with Crippen molar-refractivity contribution in [1.29, 1.82) is 0 Å². The van der Waals surface area contributed by atoms with Crippen molar-refractivity contribution >= 4 is 5.91 Å². The third-order valence-electron chi connectivity index (χ3n) is 1.53. The average molecular weight is 348 g/mol. The van der Waals surface area contributed by atoms with Crippen LogP contribution in [0.3, 0.4) is 0 Å². The van der Waals surface area contributed by atoms with Gasteiger partial charge in [0.2, 0.25) is 0 Å². The van der Waals surface area contributed by atoms with E-state index in [1.165, 1.54) is 0 Å². The quantitative estimate of drug-likeness (QED) is 0.807. The molecule has 0 aliphatic heterocycles. The van der Waals surface area contributed by atoms with Gasteiger partial charge in [-0.25, -0.2) is 0 Å². The maximum atomic E-state index is 11.3. The van der Waals surface area contributed by atoms with E-state index in [2.05, 4.69) is 11.4 Å². The van der Waals surface area contributed by atoms with Crippen LogP contribution in [-0.2, 0) is 20.4 Å². The molecule has 1 amide bonds. The van der Waals surface area contributed by atoms with Gasteiger partial charge in [-0.2, -0.15) is 29.8 Å². The predicted octanol–water partition coefficient (Wildman–Crippen LogP) is 1.54. The van der Waals surface area contributed by atoms with E-state index in [4.69, 9.17) is 0 Å². The number of benzene rings is 1. The first-order valence-electron chi connectivity index (χ1n) is 4.00. The minimum Gasteiger partial charge on any atom is -0.363 e. The minimum atomic E-state index is -0.0301. The predicted molar refractivity (Wildman–Crippen MR) is 48.0 cm³/mol. The molecule has 0 aliphatic carbocycles. The van der Waals surface area contributed by atoms with E-state index in [-0.39, 0.29) is 26.3 Å². The Balaban J connectivity index is 0.00000144. The van der Waals surface area contributed by atoms with E-state index >= 15 is 0 Å². The van der Waals surface area contributed by atoms with Gasteiger partial charge in [0.1, 0.15) is 0 Å². The Hall–Kier alpha value is -0.648. The van der Waals surface area contributed by atoms with Crippen molar-refractivity contribution in [3.05, 3.63) is 35.4 Å². The first kappa shape index (κ1) is 12.4. The second kappa shape index (κ2) is 5.91. The van der Waals surface area contributed by atoms with Gasteiger partial charge in [0, 0.05) is 27.0 Å². The molecule has 71 valence electrons. The number of aryl methyl sites for hydroxylation is 1. The molecule has 0 aromatic heterocycles. The number of carbonyl (C=O) groups is 1. The molecule has 1 rings (SSSR count). The van der Waals surface area contributed by atoms with Gasteiger partial charge in [0.05, 0.1) is 0 Å². The van der Waals surface area contributed by atoms with E-state index < -0.39 is 0 Å². The Labute approximate surface area is 92.4 Å². The summed E-state index contributed by atoms with van der Waals surface area (Å²) >= 11 is 0. The summed E-state index contributed by atoms with van der Waals surface area (Å²) in [6.07, 6.45) is 0. The number of amides is 1. The molecular weight excluding hydrogens is 336 g/mol. The van der Waals surface area contributed by atoms with E-state index in [9.17, 15) is 4.79 Å². The van der Waals surface area contributed by atoms with Gasteiger partial charge in [-0.3, -0.25) is 4.79 Å². The maximum absolute atomic E-state index is 11.3. The first-order valence-corrected chi connectivity index (χ1v) is 4.00. The Kier molecular flexibility index (Phi) is 5.61. The molecule has 1 aromatic carbocycles. The molecule has 0 aliphatic rings. The SMILES string of the molecule is CCNC(=O)c1c[c-]cc(C)c1.[Re]. The van der Waals surface area contributed by atoms with Crippen LogP contribution in [0.25, 0.3) is 0 Å². The van der Waals surface area contributed by atoms with Crippen LogP contribution in [0.5, 0.6) is 0 Å². The van der Waals surface area contributed by atoms with Crippen LogP contribution in [0.1, 0.15) is 22.8 Å². The molecule has 0 saturated carbocycles. The second-order valence-electron chi connectivity index (χ2n) is 2.66. The Morgan fingerprint density at radius 1 is 1.54 bits per heavy atom. The van der Waals surface area contributed by atoms with Gasteiger partial charge in [0.15, 0.2) is 5.91 Å². The van der Waals surface area contributed by atoms with Crippen molar-refractivity contribution in [2.75, 3.05) is 6.54 Å². The van der Waals surface area contributed by atoms with Crippen LogP contribution in [0.4, 0.5) is 0 Å². The van der Waals surface area contributed by atoms with Crippen LogP contribution < -0.4 is 5.32 Å². The fourth-order valence-electron chi connectivity index (χ4n) is 0.985. The Bertz CT molecular complexity index is 286. The second-order valence-corrected chi connectivity index (χ2v) is 2.66. The molecule has 13 heavy (non-hydrogen) atoms. The molecule has 3 heteroatoms. The molecule has 1 radical (unpaired) electrons. The third-order valence-corrected chi connectivity index (χ3v) is 1.53. The van der Waals surface area contributed by atoms with Crippen molar-refractivity contribution in [2.45, 2.75) is 13.8 Å². The number of rotatable bonds is 2. The summed E-state index contributed by atoms with van der Waals surface area (Å²) in [4.78, 5) is 11.3. The van der Waals surface area contributed by atoms with Gasteiger partial charge >= 0.3 is 0 Å². The fourth-order valence-corrected chi connectivity index (χ4v) is 0.985. The smallest absolute Gasteiger partial charge is 0.195 e. The van der Waals surface area contributed by atoms with Crippen LogP contribution >= 0.6 is 0 Å². The maximum Gasteiger partial charge on any atom is 0.195 e. The molecule has 0 saturated heterocycles. The van der Waals surface area contributed by atoms with Crippen molar-refractivity contribution in [3.63, 3.8) is 0 Å². The van der Waals surface area contributed by atoms with Gasteiger partial charge in [-0.1, -0.05) is 12.5 Å². The average Bonchev–Trinajstić information content (AvgIpc) is 2.05. The molecule has 1 N–H and O–H groups in total. The first-order chi connectivity index (χ1) is 5.74. The molecule has 0 bridgehead atoms. The van der Waals surface area contributed by atoms with Gasteiger partial charge < -0.3 is 5.32 Å². The zero-order chi connectivity index (χ0) is 8.97. The van der Waals surface area contributed by atoms with Crippen LogP contribution in [-0.4, -0.2) is 12.5 Å². The van der Waals surface area contributed by atoms with Gasteiger partial charge in [0.25, 0.3) is 0 Å². The van der Waals surface area contributed by atoms with Crippen molar-refractivity contribution in [3.8, 4) is 0 Å². The third kappa shape index (κ3) is 3.71. The summed E-state index contributed by atoms with van der Waals surface area (Å²) in [5, 5.41) is 2.73. The van der Waals surface area contributed by atoms with E-state index in [1.54, 1.807) is 6.07 Å². The van der Waals surface area contributed by atoms with Gasteiger partial charge in [-0.15, -0.1) is 0 Å². The Morgan fingerprint density at radius 3 is 2.77 bits per heavy atom. The van der Waals surface area contributed by atoms with Gasteiger partial charge in [-0.05, 0) is 6.92 Å². The molecule has 0 unspecified atom stereocenters. The number of nitrogens with one attached hydrogen (secondary N) is 1. The summed E-state index contributed by atoms with van der Waals surface area (Å²) in [6, 6.07) is 8.30. The summed E-state index contributed by atoms with van der Waals surface area (Å²) in [6.45, 7) is 4.50.